The van der Waals surface area contributed by atoms with E-state index in [9.17, 15) is 8.42 Å². The highest BCUT2D eigenvalue weighted by Gasteiger charge is 2.24. The van der Waals surface area contributed by atoms with Crippen LogP contribution in [0, 0.1) is 5.92 Å². The highest BCUT2D eigenvalue weighted by molar-refractivity contribution is 7.87. The Labute approximate surface area is 123 Å². The van der Waals surface area contributed by atoms with Crippen LogP contribution in [-0.2, 0) is 10.2 Å². The van der Waals surface area contributed by atoms with E-state index in [0.717, 1.165) is 32.7 Å². The van der Waals surface area contributed by atoms with E-state index in [2.05, 4.69) is 21.9 Å². The van der Waals surface area contributed by atoms with E-state index < -0.39 is 10.2 Å². The molecule has 118 valence electrons. The van der Waals surface area contributed by atoms with Crippen molar-refractivity contribution in [3.8, 4) is 0 Å². The molecule has 0 aromatic carbocycles. The molecule has 6 nitrogen and oxygen atoms in total. The number of nitrogens with one attached hydrogen (secondary N) is 2. The van der Waals surface area contributed by atoms with Crippen molar-refractivity contribution in [3.05, 3.63) is 0 Å². The summed E-state index contributed by atoms with van der Waals surface area (Å²) < 4.78 is 28.6. The molecule has 2 rings (SSSR count). The Morgan fingerprint density at radius 1 is 1.10 bits per heavy atom. The fourth-order valence-electron chi connectivity index (χ4n) is 2.87. The van der Waals surface area contributed by atoms with Gasteiger partial charge >= 0.3 is 0 Å². The maximum atomic E-state index is 12.2. The van der Waals surface area contributed by atoms with Gasteiger partial charge in [-0.15, -0.1) is 0 Å². The molecule has 0 radical (unpaired) electrons. The van der Waals surface area contributed by atoms with Crippen LogP contribution in [0.3, 0.4) is 0 Å². The van der Waals surface area contributed by atoms with E-state index >= 15 is 0 Å². The molecule has 0 aromatic heterocycles. The Morgan fingerprint density at radius 2 is 1.75 bits per heavy atom. The van der Waals surface area contributed by atoms with Crippen molar-refractivity contribution >= 4 is 10.2 Å². The molecule has 7 heteroatoms. The zero-order valence-corrected chi connectivity index (χ0v) is 13.3. The molecular formula is C13H28N4O2S. The minimum Gasteiger partial charge on any atom is -0.314 e. The first-order valence-corrected chi connectivity index (χ1v) is 9.20. The second-order valence-corrected chi connectivity index (χ2v) is 7.72. The van der Waals surface area contributed by atoms with Crippen molar-refractivity contribution in [2.45, 2.75) is 26.2 Å². The SMILES string of the molecule is CC(CNS(=O)(=O)N1CCNCC1)CN1CCCCC1. The third-order valence-corrected chi connectivity index (χ3v) is 5.63. The van der Waals surface area contributed by atoms with Crippen molar-refractivity contribution in [3.63, 3.8) is 0 Å². The minimum atomic E-state index is -3.29. The number of piperazine rings is 1. The van der Waals surface area contributed by atoms with Gasteiger partial charge in [0.05, 0.1) is 0 Å². The van der Waals surface area contributed by atoms with Crippen molar-refractivity contribution < 1.29 is 8.42 Å². The summed E-state index contributed by atoms with van der Waals surface area (Å²) in [6, 6.07) is 0. The third kappa shape index (κ3) is 4.96. The summed E-state index contributed by atoms with van der Waals surface area (Å²) in [6.45, 7) is 8.58. The Hall–Kier alpha value is -0.210. The van der Waals surface area contributed by atoms with Gasteiger partial charge in [-0.25, -0.2) is 4.72 Å². The predicted octanol–water partition coefficient (Wildman–Crippen LogP) is -0.152. The van der Waals surface area contributed by atoms with Gasteiger partial charge in [-0.3, -0.25) is 0 Å². The molecule has 2 aliphatic rings. The normalized spacial score (nSPS) is 24.6. The molecule has 1 unspecified atom stereocenters. The van der Waals surface area contributed by atoms with Crippen molar-refractivity contribution in [1.82, 2.24) is 19.2 Å². The zero-order valence-electron chi connectivity index (χ0n) is 12.5. The van der Waals surface area contributed by atoms with Gasteiger partial charge in [-0.2, -0.15) is 12.7 Å². The molecular weight excluding hydrogens is 276 g/mol. The molecule has 2 heterocycles. The van der Waals surface area contributed by atoms with Gasteiger partial charge in [0.1, 0.15) is 0 Å². The minimum absolute atomic E-state index is 0.353. The zero-order chi connectivity index (χ0) is 14.4. The van der Waals surface area contributed by atoms with Gasteiger partial charge in [-0.05, 0) is 31.8 Å². The van der Waals surface area contributed by atoms with Gasteiger partial charge in [-0.1, -0.05) is 13.3 Å². The van der Waals surface area contributed by atoms with Crippen molar-refractivity contribution in [2.75, 3.05) is 52.4 Å². The van der Waals surface area contributed by atoms with Crippen molar-refractivity contribution in [2.24, 2.45) is 5.92 Å². The van der Waals surface area contributed by atoms with E-state index in [1.807, 2.05) is 0 Å². The molecule has 0 spiro atoms. The number of hydrogen-bond donors (Lipinski definition) is 2. The standard InChI is InChI=1S/C13H28N4O2S/c1-13(12-16-7-3-2-4-8-16)11-15-20(18,19)17-9-5-14-6-10-17/h13-15H,2-12H2,1H3. The summed E-state index contributed by atoms with van der Waals surface area (Å²) in [7, 11) is -3.29. The monoisotopic (exact) mass is 304 g/mol. The lowest BCUT2D eigenvalue weighted by Gasteiger charge is -2.30. The molecule has 0 aromatic rings. The summed E-state index contributed by atoms with van der Waals surface area (Å²) in [4.78, 5) is 2.45. The van der Waals surface area contributed by atoms with Crippen LogP contribution in [0.25, 0.3) is 0 Å². The first-order chi connectivity index (χ1) is 9.58. The smallest absolute Gasteiger partial charge is 0.279 e. The van der Waals surface area contributed by atoms with Crippen LogP contribution in [0.4, 0.5) is 0 Å². The Bertz CT molecular complexity index is 376. The lowest BCUT2D eigenvalue weighted by atomic mass is 10.1. The summed E-state index contributed by atoms with van der Waals surface area (Å²) in [5.74, 6) is 0.353. The molecule has 2 fully saturated rings. The largest absolute Gasteiger partial charge is 0.314 e. The number of likely N-dealkylation sites (tertiary alicyclic amines) is 1. The van der Waals surface area contributed by atoms with Crippen LogP contribution in [-0.4, -0.2) is 70.0 Å². The van der Waals surface area contributed by atoms with E-state index in [4.69, 9.17) is 0 Å². The van der Waals surface area contributed by atoms with Crippen LogP contribution in [0.2, 0.25) is 0 Å². The number of nitrogens with zero attached hydrogens (tertiary/aromatic N) is 2. The quantitative estimate of drug-likeness (QED) is 0.716. The van der Waals surface area contributed by atoms with Crippen LogP contribution < -0.4 is 10.0 Å². The topological polar surface area (TPSA) is 64.7 Å². The predicted molar refractivity (Wildman–Crippen MR) is 80.8 cm³/mol. The van der Waals surface area contributed by atoms with Crippen LogP contribution in [0.15, 0.2) is 0 Å². The summed E-state index contributed by atoms with van der Waals surface area (Å²) in [5, 5.41) is 3.17. The molecule has 0 saturated carbocycles. The number of hydrogen-bond acceptors (Lipinski definition) is 4. The van der Waals surface area contributed by atoms with Crippen molar-refractivity contribution in [1.29, 1.82) is 0 Å². The molecule has 2 aliphatic heterocycles. The molecule has 20 heavy (non-hydrogen) atoms. The van der Waals surface area contributed by atoms with Gasteiger partial charge in [0.15, 0.2) is 0 Å². The molecule has 0 amide bonds. The Morgan fingerprint density at radius 3 is 2.40 bits per heavy atom. The summed E-state index contributed by atoms with van der Waals surface area (Å²) in [5.41, 5.74) is 0. The lowest BCUT2D eigenvalue weighted by molar-refractivity contribution is 0.201. The summed E-state index contributed by atoms with van der Waals surface area (Å²) in [6.07, 6.45) is 3.89. The van der Waals surface area contributed by atoms with E-state index in [1.165, 1.54) is 23.6 Å². The van der Waals surface area contributed by atoms with Gasteiger partial charge < -0.3 is 10.2 Å². The molecule has 2 N–H and O–H groups in total. The Balaban J connectivity index is 1.72. The average molecular weight is 304 g/mol. The maximum Gasteiger partial charge on any atom is 0.279 e. The fourth-order valence-corrected chi connectivity index (χ4v) is 4.21. The highest BCUT2D eigenvalue weighted by atomic mass is 32.2. The lowest BCUT2D eigenvalue weighted by Crippen LogP contribution is -2.51. The summed E-state index contributed by atoms with van der Waals surface area (Å²) >= 11 is 0. The van der Waals surface area contributed by atoms with Crippen LogP contribution >= 0.6 is 0 Å². The third-order valence-electron chi connectivity index (χ3n) is 4.05. The molecule has 0 bridgehead atoms. The fraction of sp³-hybridized carbons (Fsp3) is 1.00. The van der Waals surface area contributed by atoms with Gasteiger partial charge in [0.2, 0.25) is 0 Å². The number of piperidine rings is 1. The molecule has 0 aliphatic carbocycles. The van der Waals surface area contributed by atoms with Gasteiger partial charge in [0.25, 0.3) is 10.2 Å². The first-order valence-electron chi connectivity index (χ1n) is 7.76. The van der Waals surface area contributed by atoms with Crippen LogP contribution in [0.5, 0.6) is 0 Å². The molecule has 1 atom stereocenters. The van der Waals surface area contributed by atoms with E-state index in [1.54, 1.807) is 0 Å². The maximum absolute atomic E-state index is 12.2. The molecule has 2 saturated heterocycles. The average Bonchev–Trinajstić information content (AvgIpc) is 2.47. The first kappa shape index (κ1) is 16.2. The second-order valence-electron chi connectivity index (χ2n) is 5.97. The highest BCUT2D eigenvalue weighted by Crippen LogP contribution is 2.11. The van der Waals surface area contributed by atoms with Gasteiger partial charge in [0, 0.05) is 39.3 Å². The van der Waals surface area contributed by atoms with E-state index in [0.29, 0.717) is 25.6 Å². The van der Waals surface area contributed by atoms with E-state index in [-0.39, 0.29) is 0 Å². The number of rotatable bonds is 6. The van der Waals surface area contributed by atoms with Crippen LogP contribution in [0.1, 0.15) is 26.2 Å². The Kier molecular flexibility index (Phi) is 6.22. The second kappa shape index (κ2) is 7.70.